The third kappa shape index (κ3) is 5.31. The fourth-order valence-electron chi connectivity index (χ4n) is 3.17. The maximum absolute atomic E-state index is 12.7. The summed E-state index contributed by atoms with van der Waals surface area (Å²) in [4.78, 5) is 32.5. The lowest BCUT2D eigenvalue weighted by molar-refractivity contribution is 0.0746. The van der Waals surface area contributed by atoms with E-state index >= 15 is 0 Å². The van der Waals surface area contributed by atoms with Gasteiger partial charge in [0.25, 0.3) is 5.91 Å². The van der Waals surface area contributed by atoms with Crippen LogP contribution in [-0.4, -0.2) is 47.9 Å². The van der Waals surface area contributed by atoms with E-state index in [9.17, 15) is 9.59 Å². The van der Waals surface area contributed by atoms with Crippen LogP contribution in [0.25, 0.3) is 0 Å². The van der Waals surface area contributed by atoms with E-state index in [1.807, 2.05) is 24.9 Å². The molecule has 2 heterocycles. The standard InChI is InChI=1S/C20H24N4O2.C2H6/c1-2-4-15-7-8-18(22-14-15)23-9-11-24(12-10-23)20(26)17-6-3-5-16(13-17)19(21)25;1-2/h3,5-8,13-14H,2,4,9-12H2,1H3,(H2,21,25);1-2H3. The van der Waals surface area contributed by atoms with Gasteiger partial charge in [-0.3, -0.25) is 9.59 Å². The van der Waals surface area contributed by atoms with Gasteiger partial charge in [0.1, 0.15) is 5.82 Å². The number of primary amides is 1. The number of nitrogens with zero attached hydrogens (tertiary/aromatic N) is 3. The molecule has 1 aromatic heterocycles. The summed E-state index contributed by atoms with van der Waals surface area (Å²) in [6, 6.07) is 10.8. The Hall–Kier alpha value is -2.89. The number of anilines is 1. The van der Waals surface area contributed by atoms with Gasteiger partial charge in [-0.1, -0.05) is 39.3 Å². The zero-order chi connectivity index (χ0) is 20.5. The van der Waals surface area contributed by atoms with Crippen molar-refractivity contribution >= 4 is 17.6 Å². The Morgan fingerprint density at radius 3 is 2.29 bits per heavy atom. The molecule has 1 saturated heterocycles. The van der Waals surface area contributed by atoms with Crippen molar-refractivity contribution in [3.05, 3.63) is 59.3 Å². The Kier molecular flexibility index (Phi) is 7.99. The summed E-state index contributed by atoms with van der Waals surface area (Å²) >= 11 is 0. The zero-order valence-electron chi connectivity index (χ0n) is 17.0. The van der Waals surface area contributed by atoms with Gasteiger partial charge in [-0.05, 0) is 36.2 Å². The van der Waals surface area contributed by atoms with Crippen molar-refractivity contribution in [1.82, 2.24) is 9.88 Å². The van der Waals surface area contributed by atoms with Crippen molar-refractivity contribution in [2.24, 2.45) is 5.73 Å². The monoisotopic (exact) mass is 382 g/mol. The lowest BCUT2D eigenvalue weighted by Gasteiger charge is -2.35. The molecule has 150 valence electrons. The SMILES string of the molecule is CC.CCCc1ccc(N2CCN(C(=O)c3cccc(C(N)=O)c3)CC2)nc1. The molecule has 0 saturated carbocycles. The number of pyridine rings is 1. The first-order chi connectivity index (χ1) is 13.6. The van der Waals surface area contributed by atoms with E-state index in [0.29, 0.717) is 24.2 Å². The number of nitrogens with two attached hydrogens (primary N) is 1. The molecule has 1 fully saturated rings. The Morgan fingerprint density at radius 2 is 1.71 bits per heavy atom. The average Bonchev–Trinajstić information content (AvgIpc) is 2.76. The maximum atomic E-state index is 12.7. The van der Waals surface area contributed by atoms with Gasteiger partial charge in [-0.2, -0.15) is 0 Å². The van der Waals surface area contributed by atoms with Gasteiger partial charge in [0, 0.05) is 43.5 Å². The van der Waals surface area contributed by atoms with Crippen LogP contribution in [-0.2, 0) is 6.42 Å². The van der Waals surface area contributed by atoms with Crippen molar-refractivity contribution in [3.63, 3.8) is 0 Å². The van der Waals surface area contributed by atoms with Crippen LogP contribution in [0.2, 0.25) is 0 Å². The van der Waals surface area contributed by atoms with Crippen LogP contribution in [0.1, 0.15) is 53.5 Å². The quantitative estimate of drug-likeness (QED) is 0.862. The Balaban J connectivity index is 0.00000136. The van der Waals surface area contributed by atoms with Gasteiger partial charge in [0.2, 0.25) is 5.91 Å². The van der Waals surface area contributed by atoms with Gasteiger partial charge in [0.05, 0.1) is 0 Å². The van der Waals surface area contributed by atoms with Gasteiger partial charge in [0.15, 0.2) is 0 Å². The van der Waals surface area contributed by atoms with Crippen LogP contribution in [0.15, 0.2) is 42.6 Å². The first-order valence-corrected chi connectivity index (χ1v) is 9.97. The summed E-state index contributed by atoms with van der Waals surface area (Å²) in [6.45, 7) is 8.88. The van der Waals surface area contributed by atoms with Crippen molar-refractivity contribution in [2.75, 3.05) is 31.1 Å². The van der Waals surface area contributed by atoms with E-state index in [1.54, 1.807) is 24.3 Å². The van der Waals surface area contributed by atoms with Gasteiger partial charge in [-0.25, -0.2) is 4.98 Å². The van der Waals surface area contributed by atoms with E-state index < -0.39 is 5.91 Å². The summed E-state index contributed by atoms with van der Waals surface area (Å²) in [5, 5.41) is 0. The topological polar surface area (TPSA) is 79.5 Å². The van der Waals surface area contributed by atoms with E-state index in [0.717, 1.165) is 31.7 Å². The third-order valence-corrected chi connectivity index (χ3v) is 4.63. The minimum Gasteiger partial charge on any atom is -0.366 e. The summed E-state index contributed by atoms with van der Waals surface area (Å²) in [5.41, 5.74) is 7.40. The lowest BCUT2D eigenvalue weighted by atomic mass is 10.1. The minimum atomic E-state index is -0.526. The summed E-state index contributed by atoms with van der Waals surface area (Å²) in [7, 11) is 0. The fourth-order valence-corrected chi connectivity index (χ4v) is 3.17. The van der Waals surface area contributed by atoms with Crippen LogP contribution >= 0.6 is 0 Å². The highest BCUT2D eigenvalue weighted by molar-refractivity contribution is 5.99. The number of rotatable bonds is 5. The molecule has 2 N–H and O–H groups in total. The molecule has 0 bridgehead atoms. The predicted molar refractivity (Wildman–Crippen MR) is 113 cm³/mol. The van der Waals surface area contributed by atoms with Crippen LogP contribution in [0.4, 0.5) is 5.82 Å². The minimum absolute atomic E-state index is 0.0704. The second-order valence-corrected chi connectivity index (χ2v) is 6.50. The fraction of sp³-hybridized carbons (Fsp3) is 0.409. The third-order valence-electron chi connectivity index (χ3n) is 4.63. The number of carbonyl (C=O) groups is 2. The number of benzene rings is 1. The molecule has 1 aliphatic rings. The molecule has 0 spiro atoms. The number of carbonyl (C=O) groups excluding carboxylic acids is 2. The molecule has 0 radical (unpaired) electrons. The lowest BCUT2D eigenvalue weighted by Crippen LogP contribution is -2.49. The van der Waals surface area contributed by atoms with Gasteiger partial charge < -0.3 is 15.5 Å². The number of piperazine rings is 1. The van der Waals surface area contributed by atoms with Crippen LogP contribution < -0.4 is 10.6 Å². The first kappa shape index (κ1) is 21.4. The molecule has 1 aromatic carbocycles. The molecule has 0 aliphatic carbocycles. The Bertz CT molecular complexity index is 781. The van der Waals surface area contributed by atoms with Crippen molar-refractivity contribution in [3.8, 4) is 0 Å². The van der Waals surface area contributed by atoms with Crippen LogP contribution in [0.3, 0.4) is 0 Å². The summed E-state index contributed by atoms with van der Waals surface area (Å²) in [5.74, 6) is 0.355. The molecule has 0 atom stereocenters. The molecule has 2 aromatic rings. The van der Waals surface area contributed by atoms with Crippen LogP contribution in [0, 0.1) is 0 Å². The van der Waals surface area contributed by atoms with Gasteiger partial charge >= 0.3 is 0 Å². The molecule has 2 amide bonds. The highest BCUT2D eigenvalue weighted by atomic mass is 16.2. The van der Waals surface area contributed by atoms with E-state index in [1.165, 1.54) is 5.56 Å². The Labute approximate surface area is 167 Å². The smallest absolute Gasteiger partial charge is 0.253 e. The summed E-state index contributed by atoms with van der Waals surface area (Å²) in [6.07, 6.45) is 4.09. The number of aromatic nitrogens is 1. The number of hydrogen-bond acceptors (Lipinski definition) is 4. The van der Waals surface area contributed by atoms with Gasteiger partial charge in [-0.15, -0.1) is 0 Å². The van der Waals surface area contributed by atoms with Crippen LogP contribution in [0.5, 0.6) is 0 Å². The van der Waals surface area contributed by atoms with E-state index in [2.05, 4.69) is 28.9 Å². The molecule has 1 aliphatic heterocycles. The normalized spacial score (nSPS) is 13.5. The second-order valence-electron chi connectivity index (χ2n) is 6.50. The first-order valence-electron chi connectivity index (χ1n) is 9.97. The molecule has 3 rings (SSSR count). The number of amides is 2. The number of hydrogen-bond donors (Lipinski definition) is 1. The van der Waals surface area contributed by atoms with Crippen molar-refractivity contribution in [1.29, 1.82) is 0 Å². The molecule has 0 unspecified atom stereocenters. The highest BCUT2D eigenvalue weighted by Gasteiger charge is 2.23. The Morgan fingerprint density at radius 1 is 1.04 bits per heavy atom. The molecular formula is C22H30N4O2. The highest BCUT2D eigenvalue weighted by Crippen LogP contribution is 2.16. The average molecular weight is 383 g/mol. The van der Waals surface area contributed by atoms with E-state index in [4.69, 9.17) is 5.73 Å². The second kappa shape index (κ2) is 10.4. The van der Waals surface area contributed by atoms with E-state index in [-0.39, 0.29) is 5.91 Å². The maximum Gasteiger partial charge on any atom is 0.253 e. The van der Waals surface area contributed by atoms with Crippen molar-refractivity contribution < 1.29 is 9.59 Å². The molecule has 28 heavy (non-hydrogen) atoms. The molecule has 6 nitrogen and oxygen atoms in total. The molecular weight excluding hydrogens is 352 g/mol. The molecule has 6 heteroatoms. The number of aryl methyl sites for hydroxylation is 1. The van der Waals surface area contributed by atoms with Crippen molar-refractivity contribution in [2.45, 2.75) is 33.6 Å². The predicted octanol–water partition coefficient (Wildman–Crippen LogP) is 3.12. The zero-order valence-corrected chi connectivity index (χ0v) is 17.0. The largest absolute Gasteiger partial charge is 0.366 e. The summed E-state index contributed by atoms with van der Waals surface area (Å²) < 4.78 is 0.